The lowest BCUT2D eigenvalue weighted by atomic mass is 10.0. The molecule has 35 heavy (non-hydrogen) atoms. The van der Waals surface area contributed by atoms with Crippen molar-refractivity contribution in [3.8, 4) is 5.69 Å². The van der Waals surface area contributed by atoms with Crippen molar-refractivity contribution < 1.29 is 23.9 Å². The lowest BCUT2D eigenvalue weighted by Gasteiger charge is -2.13. The molecule has 0 unspecified atom stereocenters. The van der Waals surface area contributed by atoms with E-state index in [1.54, 1.807) is 35.1 Å². The van der Waals surface area contributed by atoms with Crippen molar-refractivity contribution in [1.82, 2.24) is 15.1 Å². The van der Waals surface area contributed by atoms with Crippen LogP contribution in [-0.4, -0.2) is 41.5 Å². The van der Waals surface area contributed by atoms with Gasteiger partial charge in [0.1, 0.15) is 19.4 Å². The second-order valence-corrected chi connectivity index (χ2v) is 7.07. The van der Waals surface area contributed by atoms with Gasteiger partial charge in [0.2, 0.25) is 0 Å². The van der Waals surface area contributed by atoms with Gasteiger partial charge in [-0.15, -0.1) is 0 Å². The Morgan fingerprint density at radius 3 is 2.23 bits per heavy atom. The van der Waals surface area contributed by atoms with E-state index in [4.69, 9.17) is 9.59 Å². The maximum Gasteiger partial charge on any atom is 0.335 e. The van der Waals surface area contributed by atoms with Gasteiger partial charge in [0, 0.05) is 35.9 Å². The Morgan fingerprint density at radius 1 is 1.03 bits per heavy atom. The van der Waals surface area contributed by atoms with Gasteiger partial charge in [-0.1, -0.05) is 18.7 Å². The number of carboxylic acid groups (broad SMARTS) is 1. The summed E-state index contributed by atoms with van der Waals surface area (Å²) >= 11 is 0. The van der Waals surface area contributed by atoms with Crippen LogP contribution < -0.4 is 10.6 Å². The molecule has 0 saturated carbocycles. The average Bonchev–Trinajstić information content (AvgIpc) is 3.34. The quantitative estimate of drug-likeness (QED) is 0.365. The molecule has 8 nitrogen and oxygen atoms in total. The van der Waals surface area contributed by atoms with E-state index in [0.717, 1.165) is 16.6 Å². The van der Waals surface area contributed by atoms with Crippen molar-refractivity contribution >= 4 is 41.8 Å². The molecule has 4 aromatic rings. The van der Waals surface area contributed by atoms with E-state index >= 15 is 0 Å². The number of aromatic nitrogens is 2. The molecule has 0 aliphatic carbocycles. The number of hydrogen-bond donors (Lipinski definition) is 3. The van der Waals surface area contributed by atoms with Crippen LogP contribution in [0.3, 0.4) is 0 Å². The summed E-state index contributed by atoms with van der Waals surface area (Å²) in [6.07, 6.45) is 1.66. The van der Waals surface area contributed by atoms with Gasteiger partial charge in [-0.2, -0.15) is 5.10 Å². The summed E-state index contributed by atoms with van der Waals surface area (Å²) in [5, 5.41) is 21.1. The van der Waals surface area contributed by atoms with Crippen LogP contribution in [0.15, 0.2) is 73.4 Å². The number of carbonyl (C=O) groups is 3. The van der Waals surface area contributed by atoms with Crippen molar-refractivity contribution in [2.75, 3.05) is 12.4 Å². The topological polar surface area (TPSA) is 113 Å². The monoisotopic (exact) mass is 476 g/mol. The molecule has 180 valence electrons. The first-order valence-electron chi connectivity index (χ1n) is 10.2. The summed E-state index contributed by atoms with van der Waals surface area (Å²) in [6, 6.07) is 17.0. The number of carboxylic acids is 1. The van der Waals surface area contributed by atoms with Crippen LogP contribution in [-0.2, 0) is 16.1 Å². The zero-order valence-corrected chi connectivity index (χ0v) is 19.1. The molecular weight excluding hydrogens is 451 g/mol. The smallest absolute Gasteiger partial charge is 0.335 e. The number of anilines is 1. The van der Waals surface area contributed by atoms with Gasteiger partial charge >= 0.3 is 5.97 Å². The first-order chi connectivity index (χ1) is 17.0. The van der Waals surface area contributed by atoms with E-state index in [0.29, 0.717) is 29.0 Å². The molecule has 3 N–H and O–H groups in total. The van der Waals surface area contributed by atoms with Gasteiger partial charge in [-0.3, -0.25) is 0 Å². The number of rotatable bonds is 7. The summed E-state index contributed by atoms with van der Waals surface area (Å²) in [5.74, 6) is -1.40. The van der Waals surface area contributed by atoms with Crippen molar-refractivity contribution in [3.63, 3.8) is 0 Å². The highest BCUT2D eigenvalue weighted by Crippen LogP contribution is 2.27. The summed E-state index contributed by atoms with van der Waals surface area (Å²) in [6.45, 7) is 8.65. The van der Waals surface area contributed by atoms with Crippen LogP contribution in [0.1, 0.15) is 21.5 Å². The first kappa shape index (κ1) is 26.5. The van der Waals surface area contributed by atoms with Crippen LogP contribution in [0.2, 0.25) is 0 Å². The van der Waals surface area contributed by atoms with Crippen molar-refractivity contribution in [3.05, 3.63) is 95.9 Å². The Kier molecular flexibility index (Phi) is 9.41. The summed E-state index contributed by atoms with van der Waals surface area (Å²) in [7, 11) is 1.86. The number of nitrogens with zero attached hydrogens (tertiary/aromatic N) is 2. The van der Waals surface area contributed by atoms with E-state index < -0.39 is 5.97 Å². The molecule has 0 spiro atoms. The van der Waals surface area contributed by atoms with Gasteiger partial charge in [0.15, 0.2) is 0 Å². The normalized spacial score (nSPS) is 9.77. The Balaban J connectivity index is 0.00000103. The van der Waals surface area contributed by atoms with Crippen LogP contribution in [0.25, 0.3) is 22.3 Å². The third kappa shape index (κ3) is 6.17. The number of hydrogen-bond acceptors (Lipinski definition) is 6. The molecule has 0 aliphatic rings. The summed E-state index contributed by atoms with van der Waals surface area (Å²) < 4.78 is 14.9. The fourth-order valence-corrected chi connectivity index (χ4v) is 3.38. The lowest BCUT2D eigenvalue weighted by molar-refractivity contribution is -0.0987. The minimum Gasteiger partial charge on any atom is -0.478 e. The highest BCUT2D eigenvalue weighted by atomic mass is 19.1. The van der Waals surface area contributed by atoms with E-state index in [-0.39, 0.29) is 11.4 Å². The Bertz CT molecular complexity index is 1300. The average molecular weight is 477 g/mol. The summed E-state index contributed by atoms with van der Waals surface area (Å²) in [4.78, 5) is 27.7. The number of carbonyl (C=O) groups excluding carboxylic acids is 2. The number of aromatic carboxylic acids is 1. The Labute approximate surface area is 201 Å². The Hall–Kier alpha value is -4.79. The molecular formula is C26H25FN4O4. The predicted octanol–water partition coefficient (Wildman–Crippen LogP) is 4.30. The van der Waals surface area contributed by atoms with Gasteiger partial charge in [0.25, 0.3) is 0 Å². The molecule has 0 atom stereocenters. The fourth-order valence-electron chi connectivity index (χ4n) is 3.38. The predicted molar refractivity (Wildman–Crippen MR) is 134 cm³/mol. The SMILES string of the molecule is C=C(NCc1ccc(NC)cc1)c1cc(C(=O)O)cc2c1cnn2-c1ccc(F)cc1.C=O.C=O. The zero-order chi connectivity index (χ0) is 26.0. The standard InChI is InChI=1S/C24H21FN4O2.2CH2O/c1-15(27-13-16-3-7-19(26-2)8-4-16)21-11-17(24(30)31)12-23-22(21)14-28-29(23)20-9-5-18(25)6-10-20;2*1-2/h3-12,14,26-27H,1,13H2,2H3,(H,30,31);2*1H2. The molecule has 1 aromatic heterocycles. The molecule has 1 heterocycles. The lowest BCUT2D eigenvalue weighted by Crippen LogP contribution is -2.12. The largest absolute Gasteiger partial charge is 0.478 e. The van der Waals surface area contributed by atoms with Crippen LogP contribution >= 0.6 is 0 Å². The molecule has 0 saturated heterocycles. The van der Waals surface area contributed by atoms with Crippen LogP contribution in [0.4, 0.5) is 10.1 Å². The number of halogens is 1. The van der Waals surface area contributed by atoms with Crippen molar-refractivity contribution in [2.24, 2.45) is 0 Å². The van der Waals surface area contributed by atoms with Crippen molar-refractivity contribution in [1.29, 1.82) is 0 Å². The number of nitrogens with one attached hydrogen (secondary N) is 2. The summed E-state index contributed by atoms with van der Waals surface area (Å²) in [5.41, 5.74) is 4.67. The minimum absolute atomic E-state index is 0.118. The maximum absolute atomic E-state index is 13.3. The zero-order valence-electron chi connectivity index (χ0n) is 19.1. The molecule has 3 aromatic carbocycles. The first-order valence-corrected chi connectivity index (χ1v) is 10.2. The van der Waals surface area contributed by atoms with Crippen LogP contribution in [0.5, 0.6) is 0 Å². The second-order valence-electron chi connectivity index (χ2n) is 7.07. The van der Waals surface area contributed by atoms with Crippen molar-refractivity contribution in [2.45, 2.75) is 6.54 Å². The molecule has 4 rings (SSSR count). The molecule has 0 radical (unpaired) electrons. The van der Waals surface area contributed by atoms with E-state index in [1.807, 2.05) is 44.9 Å². The van der Waals surface area contributed by atoms with E-state index in [1.165, 1.54) is 12.1 Å². The minimum atomic E-state index is -1.05. The Morgan fingerprint density at radius 2 is 1.66 bits per heavy atom. The molecule has 0 fully saturated rings. The number of fused-ring (bicyclic) bond motifs is 1. The highest BCUT2D eigenvalue weighted by molar-refractivity contribution is 5.99. The van der Waals surface area contributed by atoms with Gasteiger partial charge < -0.3 is 25.3 Å². The van der Waals surface area contributed by atoms with E-state index in [2.05, 4.69) is 22.3 Å². The van der Waals surface area contributed by atoms with Gasteiger partial charge in [-0.25, -0.2) is 13.9 Å². The number of benzene rings is 3. The molecule has 9 heteroatoms. The molecule has 0 bridgehead atoms. The second kappa shape index (κ2) is 12.4. The van der Waals surface area contributed by atoms with Gasteiger partial charge in [-0.05, 0) is 54.1 Å². The maximum atomic E-state index is 13.3. The van der Waals surface area contributed by atoms with Gasteiger partial charge in [0.05, 0.1) is 23.0 Å². The van der Waals surface area contributed by atoms with Crippen LogP contribution in [0, 0.1) is 5.82 Å². The third-order valence-corrected chi connectivity index (χ3v) is 5.08. The fraction of sp³-hybridized carbons (Fsp3) is 0.0769. The third-order valence-electron chi connectivity index (χ3n) is 5.08. The molecule has 0 aliphatic heterocycles. The highest BCUT2D eigenvalue weighted by Gasteiger charge is 2.16. The van der Waals surface area contributed by atoms with E-state index in [9.17, 15) is 14.3 Å². The molecule has 0 amide bonds.